The van der Waals surface area contributed by atoms with E-state index < -0.39 is 0 Å². The summed E-state index contributed by atoms with van der Waals surface area (Å²) >= 11 is 13.2. The molecule has 0 bridgehead atoms. The van der Waals surface area contributed by atoms with Gasteiger partial charge in [-0.15, -0.1) is 0 Å². The van der Waals surface area contributed by atoms with Crippen LogP contribution in [0.15, 0.2) is 79.8 Å². The molecule has 6 nitrogen and oxygen atoms in total. The van der Waals surface area contributed by atoms with Gasteiger partial charge in [-0.1, -0.05) is 71.7 Å². The Balaban J connectivity index is 1.78. The monoisotopic (exact) mass is 510 g/mol. The van der Waals surface area contributed by atoms with E-state index >= 15 is 0 Å². The molecule has 7 rings (SSSR count). The second kappa shape index (κ2) is 7.13. The fraction of sp³-hybridized carbons (Fsp3) is 0. The van der Waals surface area contributed by atoms with Crippen molar-refractivity contribution in [1.29, 1.82) is 0 Å². The van der Waals surface area contributed by atoms with E-state index in [0.29, 0.717) is 32.6 Å². The van der Waals surface area contributed by atoms with Crippen LogP contribution in [0.1, 0.15) is 0 Å². The smallest absolute Gasteiger partial charge is 0.196 e. The van der Waals surface area contributed by atoms with E-state index in [-0.39, 0.29) is 64.3 Å². The minimum Gasteiger partial charge on any atom is -0.350 e. The van der Waals surface area contributed by atoms with Crippen molar-refractivity contribution >= 4 is 88.4 Å². The zero-order valence-corrected chi connectivity index (χ0v) is 19.7. The molecule has 8 heteroatoms. The van der Waals surface area contributed by atoms with Gasteiger partial charge >= 0.3 is 0 Å². The maximum atomic E-state index is 13.5. The number of fused-ring (bicyclic) bond motifs is 8. The Kier molecular flexibility index (Phi) is 4.17. The lowest BCUT2D eigenvalue weighted by Gasteiger charge is -2.12. The molecule has 172 valence electrons. The molecule has 0 aliphatic heterocycles. The number of hydrogen-bond acceptors (Lipinski definition) is 4. The normalized spacial score (nSPS) is 12.1. The first-order chi connectivity index (χ1) is 17.4. The molecule has 2 N–H and O–H groups in total. The topological polar surface area (TPSA) is 99.9 Å². The summed E-state index contributed by atoms with van der Waals surface area (Å²) in [6.07, 6.45) is 0. The number of H-pyrrole nitrogens is 2. The van der Waals surface area contributed by atoms with Crippen molar-refractivity contribution in [2.24, 2.45) is 0 Å². The largest absolute Gasteiger partial charge is 0.350 e. The quantitative estimate of drug-likeness (QED) is 0.209. The maximum Gasteiger partial charge on any atom is 0.196 e. The van der Waals surface area contributed by atoms with Gasteiger partial charge < -0.3 is 9.97 Å². The fourth-order valence-corrected chi connectivity index (χ4v) is 5.69. The third kappa shape index (κ3) is 2.57. The van der Waals surface area contributed by atoms with E-state index in [1.54, 1.807) is 48.5 Å². The first kappa shape index (κ1) is 21.1. The van der Waals surface area contributed by atoms with Gasteiger partial charge in [0.15, 0.2) is 21.7 Å². The van der Waals surface area contributed by atoms with Gasteiger partial charge in [0.1, 0.15) is 0 Å². The van der Waals surface area contributed by atoms with Gasteiger partial charge in [-0.3, -0.25) is 19.2 Å². The average Bonchev–Trinajstić information content (AvgIpc) is 2.89. The molecule has 0 aliphatic carbocycles. The molecule has 7 aromatic rings. The summed E-state index contributed by atoms with van der Waals surface area (Å²) in [5.74, 6) is 0. The summed E-state index contributed by atoms with van der Waals surface area (Å²) < 4.78 is 0. The van der Waals surface area contributed by atoms with E-state index in [1.807, 2.05) is 0 Å². The molecule has 0 fully saturated rings. The van der Waals surface area contributed by atoms with Crippen LogP contribution < -0.4 is 21.7 Å². The minimum atomic E-state index is -0.333. The fourth-order valence-electron chi connectivity index (χ4n) is 5.19. The van der Waals surface area contributed by atoms with Crippen LogP contribution in [-0.4, -0.2) is 9.97 Å². The van der Waals surface area contributed by atoms with E-state index in [9.17, 15) is 19.2 Å². The average molecular weight is 511 g/mol. The minimum absolute atomic E-state index is 0.165. The second-order valence-electron chi connectivity index (χ2n) is 8.72. The Morgan fingerprint density at radius 2 is 0.778 bits per heavy atom. The van der Waals surface area contributed by atoms with E-state index in [1.165, 1.54) is 12.1 Å². The number of halogens is 2. The van der Waals surface area contributed by atoms with Crippen molar-refractivity contribution in [3.63, 3.8) is 0 Å². The standard InChI is InChI=1S/C28H12Cl2N2O4/c29-17-9-15-19(27(35)13-7-3-1-5-11(13)25(15)33)23-21(17)32-24-20-16(10-18(30)22(24)31-23)26(34)12-6-2-4-8-14(12)28(20)36/h1-10,31-32H. The highest BCUT2D eigenvalue weighted by atomic mass is 35.5. The van der Waals surface area contributed by atoms with E-state index in [2.05, 4.69) is 9.97 Å². The molecule has 0 radical (unpaired) electrons. The molecule has 1 heterocycles. The molecular weight excluding hydrogens is 499 g/mol. The summed E-state index contributed by atoms with van der Waals surface area (Å²) in [5, 5.41) is 2.23. The summed E-state index contributed by atoms with van der Waals surface area (Å²) in [4.78, 5) is 59.8. The van der Waals surface area contributed by atoms with Crippen LogP contribution in [0, 0.1) is 0 Å². The Labute approximate surface area is 209 Å². The first-order valence-corrected chi connectivity index (χ1v) is 11.8. The van der Waals surface area contributed by atoms with Crippen molar-refractivity contribution in [2.45, 2.75) is 0 Å². The molecule has 6 aromatic carbocycles. The van der Waals surface area contributed by atoms with Gasteiger partial charge in [-0.05, 0) is 12.1 Å². The lowest BCUT2D eigenvalue weighted by atomic mass is 9.99. The molecule has 0 aliphatic rings. The molecule has 0 amide bonds. The molecule has 0 spiro atoms. The SMILES string of the molecule is O=c1c2ccccc2c(=O)c2c1cc(Cl)c1[nH]c3c([nH]c12)c(Cl)cc1c(=O)c2ccccc2c(=O)c13. The van der Waals surface area contributed by atoms with Crippen molar-refractivity contribution in [3.05, 3.63) is 112 Å². The second-order valence-corrected chi connectivity index (χ2v) is 9.53. The number of benzene rings is 6. The number of hydrogen-bond donors (Lipinski definition) is 2. The zero-order chi connectivity index (χ0) is 24.9. The van der Waals surface area contributed by atoms with E-state index in [4.69, 9.17) is 23.2 Å². The molecule has 36 heavy (non-hydrogen) atoms. The highest BCUT2D eigenvalue weighted by Crippen LogP contribution is 2.33. The lowest BCUT2D eigenvalue weighted by Crippen LogP contribution is -2.15. The molecule has 0 saturated carbocycles. The Hall–Kier alpha value is -4.26. The highest BCUT2D eigenvalue weighted by Gasteiger charge is 2.20. The molecular formula is C28H12Cl2N2O4. The van der Waals surface area contributed by atoms with Crippen LogP contribution in [0.2, 0.25) is 10.0 Å². The van der Waals surface area contributed by atoms with Gasteiger partial charge in [0.2, 0.25) is 0 Å². The molecule has 0 atom stereocenters. The van der Waals surface area contributed by atoms with Gasteiger partial charge in [0, 0.05) is 32.3 Å². The summed E-state index contributed by atoms with van der Waals surface area (Å²) in [7, 11) is 0. The Morgan fingerprint density at radius 3 is 1.14 bits per heavy atom. The van der Waals surface area contributed by atoms with Crippen LogP contribution in [-0.2, 0) is 0 Å². The van der Waals surface area contributed by atoms with Crippen LogP contribution in [0.25, 0.3) is 65.2 Å². The van der Waals surface area contributed by atoms with Crippen molar-refractivity contribution < 1.29 is 0 Å². The van der Waals surface area contributed by atoms with Crippen molar-refractivity contribution in [1.82, 2.24) is 9.97 Å². The summed E-state index contributed by atoms with van der Waals surface area (Å²) in [6.45, 7) is 0. The molecule has 0 unspecified atom stereocenters. The lowest BCUT2D eigenvalue weighted by molar-refractivity contribution is 1.41. The third-order valence-electron chi connectivity index (χ3n) is 6.83. The van der Waals surface area contributed by atoms with Gasteiger partial charge in [0.05, 0.1) is 42.9 Å². The van der Waals surface area contributed by atoms with Crippen LogP contribution in [0.4, 0.5) is 0 Å². The van der Waals surface area contributed by atoms with Gasteiger partial charge in [0.25, 0.3) is 0 Å². The van der Waals surface area contributed by atoms with Crippen LogP contribution >= 0.6 is 23.2 Å². The first-order valence-electron chi connectivity index (χ1n) is 11.0. The number of rotatable bonds is 0. The molecule has 0 saturated heterocycles. The van der Waals surface area contributed by atoms with Crippen molar-refractivity contribution in [2.75, 3.05) is 0 Å². The predicted octanol–water partition coefficient (Wildman–Crippen LogP) is 5.45. The number of aromatic amines is 2. The zero-order valence-electron chi connectivity index (χ0n) is 18.2. The number of nitrogens with one attached hydrogen (secondary N) is 2. The maximum absolute atomic E-state index is 13.5. The van der Waals surface area contributed by atoms with Gasteiger partial charge in [-0.25, -0.2) is 0 Å². The number of aromatic nitrogens is 2. The predicted molar refractivity (Wildman–Crippen MR) is 146 cm³/mol. The van der Waals surface area contributed by atoms with Crippen LogP contribution in [0.5, 0.6) is 0 Å². The Bertz CT molecular complexity index is 2210. The van der Waals surface area contributed by atoms with Crippen LogP contribution in [0.3, 0.4) is 0 Å². The summed E-state index contributed by atoms with van der Waals surface area (Å²) in [6, 6.07) is 16.1. The third-order valence-corrected chi connectivity index (χ3v) is 7.43. The highest BCUT2D eigenvalue weighted by molar-refractivity contribution is 6.39. The van der Waals surface area contributed by atoms with Gasteiger partial charge in [-0.2, -0.15) is 0 Å². The van der Waals surface area contributed by atoms with Crippen molar-refractivity contribution in [3.8, 4) is 0 Å². The molecule has 1 aromatic heterocycles. The Morgan fingerprint density at radius 1 is 0.444 bits per heavy atom. The summed E-state index contributed by atoms with van der Waals surface area (Å²) in [5.41, 5.74) is -0.0958. The van der Waals surface area contributed by atoms with E-state index in [0.717, 1.165) is 0 Å².